The molecule has 104 valence electrons. The van der Waals surface area contributed by atoms with Crippen LogP contribution in [0.1, 0.15) is 10.4 Å². The first-order valence-corrected chi connectivity index (χ1v) is 6.18. The molecule has 0 saturated heterocycles. The Bertz CT molecular complexity index is 811. The number of aromatic carboxylic acids is 1. The Balaban J connectivity index is 2.13. The molecule has 21 heavy (non-hydrogen) atoms. The number of rotatable bonds is 3. The quantitative estimate of drug-likeness (QED) is 0.639. The molecule has 0 aliphatic rings. The van der Waals surface area contributed by atoms with Gasteiger partial charge in [0.05, 0.1) is 16.5 Å². The van der Waals surface area contributed by atoms with Crippen molar-refractivity contribution in [1.82, 2.24) is 9.97 Å². The lowest BCUT2D eigenvalue weighted by Gasteiger charge is -2.10. The second-order valence-corrected chi connectivity index (χ2v) is 4.40. The first kappa shape index (κ1) is 12.9. The molecule has 0 atom stereocenters. The molecular weight excluding hydrogens is 270 g/mol. The maximum absolute atomic E-state index is 11.3. The fraction of sp³-hybridized carbons (Fsp3) is 0. The van der Waals surface area contributed by atoms with Gasteiger partial charge in [-0.2, -0.15) is 0 Å². The summed E-state index contributed by atoms with van der Waals surface area (Å²) < 4.78 is 0. The van der Waals surface area contributed by atoms with Gasteiger partial charge in [0.25, 0.3) is 0 Å². The molecule has 1 aromatic heterocycles. The minimum atomic E-state index is -1.04. The molecule has 3 N–H and O–H groups in total. The molecule has 2 aromatic carbocycles. The highest BCUT2D eigenvalue weighted by molar-refractivity contribution is 6.07. The van der Waals surface area contributed by atoms with Gasteiger partial charge in [-0.25, -0.2) is 14.8 Å². The van der Waals surface area contributed by atoms with Crippen molar-refractivity contribution in [2.45, 2.75) is 0 Å². The molecule has 0 amide bonds. The van der Waals surface area contributed by atoms with Crippen molar-refractivity contribution in [2.75, 3.05) is 5.32 Å². The van der Waals surface area contributed by atoms with Crippen LogP contribution in [0.4, 0.5) is 11.5 Å². The number of phenolic OH excluding ortho intramolecular Hbond substituents is 1. The van der Waals surface area contributed by atoms with Gasteiger partial charge in [0, 0.05) is 5.69 Å². The van der Waals surface area contributed by atoms with Crippen LogP contribution in [0.5, 0.6) is 5.75 Å². The van der Waals surface area contributed by atoms with E-state index in [9.17, 15) is 15.0 Å². The van der Waals surface area contributed by atoms with Crippen molar-refractivity contribution in [3.05, 3.63) is 54.4 Å². The van der Waals surface area contributed by atoms with E-state index in [0.29, 0.717) is 22.4 Å². The minimum Gasteiger partial charge on any atom is -0.508 e. The lowest BCUT2D eigenvalue weighted by atomic mass is 10.1. The maximum atomic E-state index is 11.3. The van der Waals surface area contributed by atoms with Crippen LogP contribution >= 0.6 is 0 Å². The molecule has 0 unspecified atom stereocenters. The number of nitrogens with one attached hydrogen (secondary N) is 1. The molecule has 0 spiro atoms. The van der Waals surface area contributed by atoms with Gasteiger partial charge in [0.1, 0.15) is 17.9 Å². The largest absolute Gasteiger partial charge is 0.508 e. The lowest BCUT2D eigenvalue weighted by Crippen LogP contribution is -2.02. The van der Waals surface area contributed by atoms with Gasteiger partial charge in [-0.15, -0.1) is 0 Å². The predicted octanol–water partition coefficient (Wildman–Crippen LogP) is 2.78. The fourth-order valence-electron chi connectivity index (χ4n) is 2.06. The third-order valence-corrected chi connectivity index (χ3v) is 3.02. The Kier molecular flexibility index (Phi) is 3.12. The van der Waals surface area contributed by atoms with E-state index in [4.69, 9.17) is 0 Å². The van der Waals surface area contributed by atoms with Gasteiger partial charge in [0.2, 0.25) is 0 Å². The topological polar surface area (TPSA) is 95.3 Å². The number of hydrogen-bond donors (Lipinski definition) is 3. The van der Waals surface area contributed by atoms with E-state index in [1.807, 2.05) is 0 Å². The van der Waals surface area contributed by atoms with Crippen LogP contribution in [0.15, 0.2) is 48.8 Å². The number of anilines is 2. The van der Waals surface area contributed by atoms with Gasteiger partial charge in [0.15, 0.2) is 0 Å². The number of carbonyl (C=O) groups is 1. The molecule has 0 bridgehead atoms. The zero-order chi connectivity index (χ0) is 14.8. The number of fused-ring (bicyclic) bond motifs is 1. The summed E-state index contributed by atoms with van der Waals surface area (Å²) >= 11 is 0. The molecule has 0 aliphatic carbocycles. The average molecular weight is 281 g/mol. The second kappa shape index (κ2) is 5.09. The zero-order valence-corrected chi connectivity index (χ0v) is 10.8. The molecule has 0 fully saturated rings. The number of aromatic hydroxyl groups is 1. The second-order valence-electron chi connectivity index (χ2n) is 4.40. The van der Waals surface area contributed by atoms with Crippen LogP contribution in [0.3, 0.4) is 0 Å². The molecule has 0 radical (unpaired) electrons. The van der Waals surface area contributed by atoms with Crippen LogP contribution < -0.4 is 5.32 Å². The van der Waals surface area contributed by atoms with Gasteiger partial charge < -0.3 is 15.5 Å². The summed E-state index contributed by atoms with van der Waals surface area (Å²) in [5, 5.41) is 22.1. The average Bonchev–Trinajstić information content (AvgIpc) is 2.49. The summed E-state index contributed by atoms with van der Waals surface area (Å²) in [5.74, 6) is -0.479. The number of nitrogens with zero attached hydrogens (tertiary/aromatic N) is 2. The Morgan fingerprint density at radius 1 is 1.05 bits per heavy atom. The van der Waals surface area contributed by atoms with E-state index in [2.05, 4.69) is 15.3 Å². The summed E-state index contributed by atoms with van der Waals surface area (Å²) in [6.07, 6.45) is 1.37. The third kappa shape index (κ3) is 2.46. The number of aromatic nitrogens is 2. The minimum absolute atomic E-state index is 0.134. The number of benzene rings is 2. The summed E-state index contributed by atoms with van der Waals surface area (Å²) in [7, 11) is 0. The molecule has 6 heteroatoms. The maximum Gasteiger partial charge on any atom is 0.336 e. The molecule has 3 aromatic rings. The standard InChI is InChI=1S/C15H11N3O3/c19-10-6-4-9(5-7-10)18-14-13-11(15(20)21)2-1-3-12(13)16-8-17-14/h1-8,19H,(H,20,21)(H,16,17,18). The van der Waals surface area contributed by atoms with Crippen molar-refractivity contribution in [1.29, 1.82) is 0 Å². The molecule has 1 heterocycles. The first-order valence-electron chi connectivity index (χ1n) is 6.18. The third-order valence-electron chi connectivity index (χ3n) is 3.02. The van der Waals surface area contributed by atoms with E-state index >= 15 is 0 Å². The SMILES string of the molecule is O=C(O)c1cccc2ncnc(Nc3ccc(O)cc3)c12. The van der Waals surface area contributed by atoms with Gasteiger partial charge in [-0.05, 0) is 36.4 Å². The van der Waals surface area contributed by atoms with Gasteiger partial charge in [-0.3, -0.25) is 0 Å². The molecule has 6 nitrogen and oxygen atoms in total. The smallest absolute Gasteiger partial charge is 0.336 e. The zero-order valence-electron chi connectivity index (χ0n) is 10.8. The summed E-state index contributed by atoms with van der Waals surface area (Å²) in [6, 6.07) is 11.3. The normalized spacial score (nSPS) is 10.5. The number of carboxylic acid groups (broad SMARTS) is 1. The fourth-order valence-corrected chi connectivity index (χ4v) is 2.06. The highest BCUT2D eigenvalue weighted by Gasteiger charge is 2.13. The van der Waals surface area contributed by atoms with Crippen LogP contribution in [0, 0.1) is 0 Å². The van der Waals surface area contributed by atoms with Crippen LogP contribution in [-0.4, -0.2) is 26.2 Å². The first-order chi connectivity index (χ1) is 10.1. The van der Waals surface area contributed by atoms with Crippen molar-refractivity contribution in [3.8, 4) is 5.75 Å². The Morgan fingerprint density at radius 3 is 2.52 bits per heavy atom. The van der Waals surface area contributed by atoms with E-state index in [0.717, 1.165) is 0 Å². The van der Waals surface area contributed by atoms with Gasteiger partial charge >= 0.3 is 5.97 Å². The number of carboxylic acids is 1. The van der Waals surface area contributed by atoms with E-state index in [1.54, 1.807) is 24.3 Å². The van der Waals surface area contributed by atoms with Crippen molar-refractivity contribution >= 4 is 28.4 Å². The van der Waals surface area contributed by atoms with Crippen molar-refractivity contribution in [2.24, 2.45) is 0 Å². The predicted molar refractivity (Wildman–Crippen MR) is 77.9 cm³/mol. The molecular formula is C15H11N3O3. The summed E-state index contributed by atoms with van der Waals surface area (Å²) in [5.41, 5.74) is 1.37. The molecule has 3 rings (SSSR count). The van der Waals surface area contributed by atoms with Crippen LogP contribution in [-0.2, 0) is 0 Å². The van der Waals surface area contributed by atoms with Gasteiger partial charge in [-0.1, -0.05) is 6.07 Å². The van der Waals surface area contributed by atoms with Crippen LogP contribution in [0.25, 0.3) is 10.9 Å². The molecule has 0 aliphatic heterocycles. The van der Waals surface area contributed by atoms with E-state index in [-0.39, 0.29) is 11.3 Å². The van der Waals surface area contributed by atoms with E-state index in [1.165, 1.54) is 24.5 Å². The Labute approximate surface area is 119 Å². The van der Waals surface area contributed by atoms with E-state index < -0.39 is 5.97 Å². The highest BCUT2D eigenvalue weighted by atomic mass is 16.4. The van der Waals surface area contributed by atoms with Crippen molar-refractivity contribution in [3.63, 3.8) is 0 Å². The highest BCUT2D eigenvalue weighted by Crippen LogP contribution is 2.27. The Hall–Kier alpha value is -3.15. The summed E-state index contributed by atoms with van der Waals surface area (Å²) in [4.78, 5) is 19.6. The van der Waals surface area contributed by atoms with Crippen molar-refractivity contribution < 1.29 is 15.0 Å². The lowest BCUT2D eigenvalue weighted by molar-refractivity contribution is 0.0699. The molecule has 0 saturated carbocycles. The number of phenols is 1. The monoisotopic (exact) mass is 281 g/mol. The Morgan fingerprint density at radius 2 is 1.81 bits per heavy atom. The van der Waals surface area contributed by atoms with Crippen LogP contribution in [0.2, 0.25) is 0 Å². The summed E-state index contributed by atoms with van der Waals surface area (Å²) in [6.45, 7) is 0. The number of hydrogen-bond acceptors (Lipinski definition) is 5.